The Bertz CT molecular complexity index is 335. The van der Waals surface area contributed by atoms with E-state index in [-0.39, 0.29) is 0 Å². The van der Waals surface area contributed by atoms with Crippen molar-refractivity contribution in [3.63, 3.8) is 0 Å². The van der Waals surface area contributed by atoms with Crippen LogP contribution in [-0.4, -0.2) is 13.2 Å². The number of furan rings is 1. The standard InChI is InChI=1S/C14H23NO2/c1-11-4-3-5-13(8-11)17-10-14-12(9-15-2)6-7-16-14/h6-7,11,13,15H,3-5,8-10H2,1-2H3. The van der Waals surface area contributed by atoms with Crippen LogP contribution in [0.4, 0.5) is 0 Å². The van der Waals surface area contributed by atoms with Gasteiger partial charge in [0, 0.05) is 12.1 Å². The Morgan fingerprint density at radius 2 is 2.35 bits per heavy atom. The summed E-state index contributed by atoms with van der Waals surface area (Å²) in [6.07, 6.45) is 7.22. The van der Waals surface area contributed by atoms with Crippen LogP contribution in [0.25, 0.3) is 0 Å². The minimum absolute atomic E-state index is 0.422. The molecule has 0 aliphatic heterocycles. The van der Waals surface area contributed by atoms with Crippen molar-refractivity contribution < 1.29 is 9.15 Å². The fraction of sp³-hybridized carbons (Fsp3) is 0.714. The van der Waals surface area contributed by atoms with Crippen LogP contribution in [0.1, 0.15) is 43.9 Å². The molecule has 0 amide bonds. The Labute approximate surface area is 104 Å². The number of hydrogen-bond donors (Lipinski definition) is 1. The van der Waals surface area contributed by atoms with Crippen LogP contribution in [0.5, 0.6) is 0 Å². The Morgan fingerprint density at radius 1 is 1.47 bits per heavy atom. The molecule has 0 saturated heterocycles. The molecule has 0 spiro atoms. The number of hydrogen-bond acceptors (Lipinski definition) is 3. The predicted molar refractivity (Wildman–Crippen MR) is 67.7 cm³/mol. The van der Waals surface area contributed by atoms with Gasteiger partial charge in [-0.15, -0.1) is 0 Å². The highest BCUT2D eigenvalue weighted by Crippen LogP contribution is 2.26. The molecule has 1 aromatic heterocycles. The highest BCUT2D eigenvalue weighted by atomic mass is 16.5. The zero-order valence-corrected chi connectivity index (χ0v) is 10.9. The monoisotopic (exact) mass is 237 g/mol. The predicted octanol–water partition coefficient (Wildman–Crippen LogP) is 3.09. The number of ether oxygens (including phenoxy) is 1. The van der Waals surface area contributed by atoms with Gasteiger partial charge in [0.15, 0.2) is 0 Å². The first-order valence-corrected chi connectivity index (χ1v) is 6.61. The van der Waals surface area contributed by atoms with E-state index in [4.69, 9.17) is 9.15 Å². The molecule has 2 unspecified atom stereocenters. The molecular weight excluding hydrogens is 214 g/mol. The molecule has 1 fully saturated rings. The highest BCUT2D eigenvalue weighted by molar-refractivity contribution is 5.15. The van der Waals surface area contributed by atoms with E-state index in [1.807, 2.05) is 13.1 Å². The van der Waals surface area contributed by atoms with Gasteiger partial charge in [0.1, 0.15) is 12.4 Å². The third-order valence-electron chi connectivity index (χ3n) is 3.54. The SMILES string of the molecule is CNCc1ccoc1COC1CCCC(C)C1. The zero-order valence-electron chi connectivity index (χ0n) is 10.9. The number of rotatable bonds is 5. The molecular formula is C14H23NO2. The average molecular weight is 237 g/mol. The van der Waals surface area contributed by atoms with Crippen LogP contribution in [-0.2, 0) is 17.9 Å². The Kier molecular flexibility index (Phi) is 4.63. The Balaban J connectivity index is 1.82. The van der Waals surface area contributed by atoms with Gasteiger partial charge in [-0.2, -0.15) is 0 Å². The summed E-state index contributed by atoms with van der Waals surface area (Å²) in [5.74, 6) is 1.78. The lowest BCUT2D eigenvalue weighted by atomic mass is 9.89. The Hall–Kier alpha value is -0.800. The minimum Gasteiger partial charge on any atom is -0.467 e. The normalized spacial score (nSPS) is 25.1. The van der Waals surface area contributed by atoms with Crippen LogP contribution in [0, 0.1) is 5.92 Å². The zero-order chi connectivity index (χ0) is 12.1. The van der Waals surface area contributed by atoms with Crippen LogP contribution >= 0.6 is 0 Å². The summed E-state index contributed by atoms with van der Waals surface area (Å²) in [5.41, 5.74) is 1.20. The highest BCUT2D eigenvalue weighted by Gasteiger charge is 2.20. The molecule has 3 nitrogen and oxygen atoms in total. The molecule has 17 heavy (non-hydrogen) atoms. The van der Waals surface area contributed by atoms with Crippen LogP contribution in [0.3, 0.4) is 0 Å². The van der Waals surface area contributed by atoms with Gasteiger partial charge in [0.25, 0.3) is 0 Å². The van der Waals surface area contributed by atoms with Crippen LogP contribution < -0.4 is 5.32 Å². The van der Waals surface area contributed by atoms with E-state index in [9.17, 15) is 0 Å². The van der Waals surface area contributed by atoms with Crippen molar-refractivity contribution in [3.05, 3.63) is 23.7 Å². The molecule has 96 valence electrons. The lowest BCUT2D eigenvalue weighted by Crippen LogP contribution is -2.21. The summed E-state index contributed by atoms with van der Waals surface area (Å²) >= 11 is 0. The molecule has 1 heterocycles. The van der Waals surface area contributed by atoms with Gasteiger partial charge in [-0.05, 0) is 31.9 Å². The second-order valence-corrected chi connectivity index (χ2v) is 5.10. The van der Waals surface area contributed by atoms with E-state index < -0.39 is 0 Å². The van der Waals surface area contributed by atoms with Gasteiger partial charge in [0.2, 0.25) is 0 Å². The summed E-state index contributed by atoms with van der Waals surface area (Å²) < 4.78 is 11.4. The molecule has 1 aliphatic carbocycles. The van der Waals surface area contributed by atoms with E-state index in [2.05, 4.69) is 12.2 Å². The molecule has 0 radical (unpaired) electrons. The minimum atomic E-state index is 0.422. The summed E-state index contributed by atoms with van der Waals surface area (Å²) in [6, 6.07) is 2.01. The van der Waals surface area contributed by atoms with Gasteiger partial charge in [-0.3, -0.25) is 0 Å². The lowest BCUT2D eigenvalue weighted by Gasteiger charge is -2.26. The van der Waals surface area contributed by atoms with Gasteiger partial charge < -0.3 is 14.5 Å². The third-order valence-corrected chi connectivity index (χ3v) is 3.54. The van der Waals surface area contributed by atoms with Crippen molar-refractivity contribution >= 4 is 0 Å². The summed E-state index contributed by atoms with van der Waals surface area (Å²) in [6.45, 7) is 3.77. The van der Waals surface area contributed by atoms with Crippen molar-refractivity contribution in [1.82, 2.24) is 5.32 Å². The second-order valence-electron chi connectivity index (χ2n) is 5.10. The maximum absolute atomic E-state index is 5.96. The van der Waals surface area contributed by atoms with E-state index in [1.165, 1.54) is 31.2 Å². The summed E-state index contributed by atoms with van der Waals surface area (Å²) in [5, 5.41) is 3.14. The first-order chi connectivity index (χ1) is 8.29. The molecule has 0 bridgehead atoms. The largest absolute Gasteiger partial charge is 0.467 e. The van der Waals surface area contributed by atoms with Crippen molar-refractivity contribution in [2.45, 2.75) is 51.9 Å². The first-order valence-electron chi connectivity index (χ1n) is 6.61. The van der Waals surface area contributed by atoms with Crippen molar-refractivity contribution in [2.24, 2.45) is 5.92 Å². The molecule has 2 atom stereocenters. The molecule has 3 heteroatoms. The average Bonchev–Trinajstić information content (AvgIpc) is 2.75. The maximum Gasteiger partial charge on any atom is 0.133 e. The topological polar surface area (TPSA) is 34.4 Å². The quantitative estimate of drug-likeness (QED) is 0.854. The van der Waals surface area contributed by atoms with Crippen LogP contribution in [0.15, 0.2) is 16.7 Å². The van der Waals surface area contributed by atoms with Gasteiger partial charge in [-0.1, -0.05) is 19.8 Å². The third kappa shape index (κ3) is 3.58. The summed E-state index contributed by atoms with van der Waals surface area (Å²) in [4.78, 5) is 0. The van der Waals surface area contributed by atoms with Gasteiger partial charge >= 0.3 is 0 Å². The van der Waals surface area contributed by atoms with E-state index in [0.29, 0.717) is 12.7 Å². The Morgan fingerprint density at radius 3 is 3.12 bits per heavy atom. The smallest absolute Gasteiger partial charge is 0.133 e. The van der Waals surface area contributed by atoms with Gasteiger partial charge in [-0.25, -0.2) is 0 Å². The van der Waals surface area contributed by atoms with Crippen LogP contribution in [0.2, 0.25) is 0 Å². The summed E-state index contributed by atoms with van der Waals surface area (Å²) in [7, 11) is 1.94. The van der Waals surface area contributed by atoms with Crippen molar-refractivity contribution in [3.8, 4) is 0 Å². The number of nitrogens with one attached hydrogen (secondary N) is 1. The fourth-order valence-electron chi connectivity index (χ4n) is 2.56. The van der Waals surface area contributed by atoms with Crippen molar-refractivity contribution in [2.75, 3.05) is 7.05 Å². The molecule has 1 saturated carbocycles. The molecule has 1 N–H and O–H groups in total. The van der Waals surface area contributed by atoms with E-state index in [1.54, 1.807) is 6.26 Å². The van der Waals surface area contributed by atoms with E-state index in [0.717, 1.165) is 18.2 Å². The molecule has 0 aromatic carbocycles. The van der Waals surface area contributed by atoms with E-state index >= 15 is 0 Å². The molecule has 1 aliphatic rings. The second kappa shape index (κ2) is 6.22. The van der Waals surface area contributed by atoms with Crippen molar-refractivity contribution in [1.29, 1.82) is 0 Å². The molecule has 2 rings (SSSR count). The lowest BCUT2D eigenvalue weighted by molar-refractivity contribution is -0.00304. The van der Waals surface area contributed by atoms with Gasteiger partial charge in [0.05, 0.1) is 12.4 Å². The molecule has 1 aromatic rings. The maximum atomic E-state index is 5.96. The fourth-order valence-corrected chi connectivity index (χ4v) is 2.56. The first kappa shape index (κ1) is 12.7.